The molecule has 5 nitrogen and oxygen atoms in total. The number of halogens is 2. The first-order valence-electron chi connectivity index (χ1n) is 9.30. The fourth-order valence-corrected chi connectivity index (χ4v) is 3.65. The average Bonchev–Trinajstić information content (AvgIpc) is 3.22. The highest BCUT2D eigenvalue weighted by atomic mass is 35.5. The van der Waals surface area contributed by atoms with E-state index in [4.69, 9.17) is 21.1 Å². The summed E-state index contributed by atoms with van der Waals surface area (Å²) in [7, 11) is 1.65. The number of carbonyl (C=O) groups excluding carboxylic acids is 1. The molecule has 1 aliphatic heterocycles. The van der Waals surface area contributed by atoms with Crippen LogP contribution in [0.3, 0.4) is 0 Å². The SMILES string of the molecule is COc1ccccc1C(CNC(=O)COc1ccc(F)cc1Cl)N1CCCC1. The van der Waals surface area contributed by atoms with Gasteiger partial charge in [-0.2, -0.15) is 0 Å². The lowest BCUT2D eigenvalue weighted by Gasteiger charge is -2.29. The number of hydrogen-bond donors (Lipinski definition) is 1. The minimum atomic E-state index is -0.452. The maximum Gasteiger partial charge on any atom is 0.258 e. The predicted octanol–water partition coefficient (Wildman–Crippen LogP) is 3.82. The standard InChI is InChI=1S/C21H24ClFN2O3/c1-27-19-7-3-2-6-16(19)18(25-10-4-5-11-25)13-24-21(26)14-28-20-9-8-15(23)12-17(20)22/h2-3,6-9,12,18H,4-5,10-11,13-14H2,1H3,(H,24,26). The molecule has 0 aromatic heterocycles. The fourth-order valence-electron chi connectivity index (χ4n) is 3.43. The van der Waals surface area contributed by atoms with Crippen molar-refractivity contribution in [1.29, 1.82) is 0 Å². The van der Waals surface area contributed by atoms with Gasteiger partial charge < -0.3 is 14.8 Å². The second-order valence-electron chi connectivity index (χ2n) is 6.67. The van der Waals surface area contributed by atoms with Gasteiger partial charge in [-0.25, -0.2) is 4.39 Å². The second kappa shape index (κ2) is 9.75. The van der Waals surface area contributed by atoms with Gasteiger partial charge in [-0.15, -0.1) is 0 Å². The highest BCUT2D eigenvalue weighted by Crippen LogP contribution is 2.31. The van der Waals surface area contributed by atoms with Crippen molar-refractivity contribution >= 4 is 17.5 Å². The van der Waals surface area contributed by atoms with Crippen molar-refractivity contribution in [3.8, 4) is 11.5 Å². The molecule has 0 bridgehead atoms. The average molecular weight is 407 g/mol. The van der Waals surface area contributed by atoms with Gasteiger partial charge in [-0.3, -0.25) is 9.69 Å². The number of rotatable bonds is 8. The van der Waals surface area contributed by atoms with Crippen molar-refractivity contribution in [2.75, 3.05) is 33.4 Å². The smallest absolute Gasteiger partial charge is 0.258 e. The summed E-state index contributed by atoms with van der Waals surface area (Å²) in [5, 5.41) is 3.07. The van der Waals surface area contributed by atoms with E-state index in [0.29, 0.717) is 6.54 Å². The van der Waals surface area contributed by atoms with E-state index in [2.05, 4.69) is 10.2 Å². The van der Waals surface area contributed by atoms with Crippen LogP contribution in [0.15, 0.2) is 42.5 Å². The Morgan fingerprint density at radius 2 is 1.96 bits per heavy atom. The molecule has 7 heteroatoms. The van der Waals surface area contributed by atoms with E-state index in [0.717, 1.165) is 43.3 Å². The van der Waals surface area contributed by atoms with Crippen LogP contribution in [0, 0.1) is 5.82 Å². The van der Waals surface area contributed by atoms with Gasteiger partial charge in [0.15, 0.2) is 6.61 Å². The molecular weight excluding hydrogens is 383 g/mol. The Labute approximate surface area is 169 Å². The van der Waals surface area contributed by atoms with Crippen LogP contribution in [-0.4, -0.2) is 44.2 Å². The van der Waals surface area contributed by atoms with Gasteiger partial charge in [0, 0.05) is 12.1 Å². The second-order valence-corrected chi connectivity index (χ2v) is 7.08. The summed E-state index contributed by atoms with van der Waals surface area (Å²) in [5.74, 6) is 0.369. The molecule has 3 rings (SSSR count). The Bertz CT molecular complexity index is 812. The Morgan fingerprint density at radius 3 is 2.68 bits per heavy atom. The third-order valence-electron chi connectivity index (χ3n) is 4.82. The molecule has 1 atom stereocenters. The maximum atomic E-state index is 13.1. The molecule has 1 heterocycles. The molecule has 1 unspecified atom stereocenters. The van der Waals surface area contributed by atoms with Gasteiger partial charge in [0.2, 0.25) is 0 Å². The minimum Gasteiger partial charge on any atom is -0.496 e. The van der Waals surface area contributed by atoms with Crippen LogP contribution in [0.1, 0.15) is 24.4 Å². The summed E-state index contributed by atoms with van der Waals surface area (Å²) in [6, 6.07) is 11.7. The zero-order chi connectivity index (χ0) is 19.9. The lowest BCUT2D eigenvalue weighted by atomic mass is 10.0. The van der Waals surface area contributed by atoms with Gasteiger partial charge in [-0.1, -0.05) is 29.8 Å². The topological polar surface area (TPSA) is 50.8 Å². The van der Waals surface area contributed by atoms with E-state index in [9.17, 15) is 9.18 Å². The van der Waals surface area contributed by atoms with E-state index < -0.39 is 5.82 Å². The number of likely N-dealkylation sites (tertiary alicyclic amines) is 1. The highest BCUT2D eigenvalue weighted by molar-refractivity contribution is 6.32. The van der Waals surface area contributed by atoms with Crippen molar-refractivity contribution in [3.63, 3.8) is 0 Å². The normalized spacial score (nSPS) is 15.2. The number of nitrogens with zero attached hydrogens (tertiary/aromatic N) is 1. The molecule has 0 spiro atoms. The first-order chi connectivity index (χ1) is 13.6. The first kappa shape index (κ1) is 20.4. The molecule has 0 saturated carbocycles. The molecule has 1 aliphatic rings. The minimum absolute atomic E-state index is 0.0250. The van der Waals surface area contributed by atoms with E-state index in [1.807, 2.05) is 24.3 Å². The lowest BCUT2D eigenvalue weighted by molar-refractivity contribution is -0.123. The molecular formula is C21H24ClFN2O3. The number of nitrogens with one attached hydrogen (secondary N) is 1. The number of benzene rings is 2. The largest absolute Gasteiger partial charge is 0.496 e. The molecule has 2 aromatic rings. The fraction of sp³-hybridized carbons (Fsp3) is 0.381. The molecule has 1 N–H and O–H groups in total. The first-order valence-corrected chi connectivity index (χ1v) is 9.68. The van der Waals surface area contributed by atoms with Gasteiger partial charge >= 0.3 is 0 Å². The van der Waals surface area contributed by atoms with E-state index >= 15 is 0 Å². The highest BCUT2D eigenvalue weighted by Gasteiger charge is 2.26. The van der Waals surface area contributed by atoms with Crippen molar-refractivity contribution in [2.24, 2.45) is 0 Å². The maximum absolute atomic E-state index is 13.1. The van der Waals surface area contributed by atoms with Crippen molar-refractivity contribution in [2.45, 2.75) is 18.9 Å². The number of para-hydroxylation sites is 1. The number of hydrogen-bond acceptors (Lipinski definition) is 4. The van der Waals surface area contributed by atoms with Crippen LogP contribution < -0.4 is 14.8 Å². The monoisotopic (exact) mass is 406 g/mol. The van der Waals surface area contributed by atoms with Gasteiger partial charge in [-0.05, 0) is 50.2 Å². The Hall–Kier alpha value is -2.31. The van der Waals surface area contributed by atoms with E-state index in [-0.39, 0.29) is 29.3 Å². The van der Waals surface area contributed by atoms with Crippen molar-refractivity contribution < 1.29 is 18.7 Å². The summed E-state index contributed by atoms with van der Waals surface area (Å²) < 4.78 is 24.0. The molecule has 0 radical (unpaired) electrons. The van der Waals surface area contributed by atoms with Crippen molar-refractivity contribution in [3.05, 3.63) is 58.9 Å². The quantitative estimate of drug-likeness (QED) is 0.724. The third-order valence-corrected chi connectivity index (χ3v) is 5.12. The van der Waals surface area contributed by atoms with Crippen LogP contribution in [0.5, 0.6) is 11.5 Å². The summed E-state index contributed by atoms with van der Waals surface area (Å²) in [6.07, 6.45) is 2.29. The molecule has 1 saturated heterocycles. The van der Waals surface area contributed by atoms with E-state index in [1.54, 1.807) is 7.11 Å². The Kier molecular flexibility index (Phi) is 7.12. The van der Waals surface area contributed by atoms with Gasteiger partial charge in [0.25, 0.3) is 5.91 Å². The number of amides is 1. The predicted molar refractivity (Wildman–Crippen MR) is 106 cm³/mol. The van der Waals surface area contributed by atoms with Crippen LogP contribution in [0.2, 0.25) is 5.02 Å². The van der Waals surface area contributed by atoms with Crippen LogP contribution in [-0.2, 0) is 4.79 Å². The number of carbonyl (C=O) groups is 1. The Balaban J connectivity index is 1.62. The Morgan fingerprint density at radius 1 is 1.21 bits per heavy atom. The van der Waals surface area contributed by atoms with E-state index in [1.165, 1.54) is 12.1 Å². The third kappa shape index (κ3) is 5.14. The summed E-state index contributed by atoms with van der Waals surface area (Å²) in [4.78, 5) is 14.7. The summed E-state index contributed by atoms with van der Waals surface area (Å²) in [6.45, 7) is 2.23. The number of methoxy groups -OCH3 is 1. The van der Waals surface area contributed by atoms with Crippen LogP contribution >= 0.6 is 11.6 Å². The van der Waals surface area contributed by atoms with Crippen LogP contribution in [0.25, 0.3) is 0 Å². The molecule has 1 amide bonds. The van der Waals surface area contributed by atoms with Crippen LogP contribution in [0.4, 0.5) is 4.39 Å². The van der Waals surface area contributed by atoms with Gasteiger partial charge in [0.1, 0.15) is 17.3 Å². The lowest BCUT2D eigenvalue weighted by Crippen LogP contribution is -2.38. The molecule has 28 heavy (non-hydrogen) atoms. The molecule has 150 valence electrons. The molecule has 2 aromatic carbocycles. The van der Waals surface area contributed by atoms with Gasteiger partial charge in [0.05, 0.1) is 18.2 Å². The zero-order valence-corrected chi connectivity index (χ0v) is 16.5. The number of ether oxygens (including phenoxy) is 2. The molecule has 1 fully saturated rings. The summed E-state index contributed by atoms with van der Waals surface area (Å²) in [5.41, 5.74) is 1.05. The summed E-state index contributed by atoms with van der Waals surface area (Å²) >= 11 is 5.92. The zero-order valence-electron chi connectivity index (χ0n) is 15.8. The molecule has 0 aliphatic carbocycles. The van der Waals surface area contributed by atoms with Crippen molar-refractivity contribution in [1.82, 2.24) is 10.2 Å².